The molecule has 5 heteroatoms. The summed E-state index contributed by atoms with van der Waals surface area (Å²) in [5, 5.41) is 9.30. The van der Waals surface area contributed by atoms with Gasteiger partial charge in [-0.3, -0.25) is 0 Å². The topological polar surface area (TPSA) is 59.4 Å². The molecular formula is C12H8ClNO3. The summed E-state index contributed by atoms with van der Waals surface area (Å²) in [7, 11) is 0. The number of carbonyl (C=O) groups is 1. The molecule has 0 saturated carbocycles. The van der Waals surface area contributed by atoms with Gasteiger partial charge < -0.3 is 9.84 Å². The first kappa shape index (κ1) is 11.4. The zero-order valence-corrected chi connectivity index (χ0v) is 9.39. The van der Waals surface area contributed by atoms with E-state index in [0.29, 0.717) is 16.5 Å². The molecule has 0 amide bonds. The summed E-state index contributed by atoms with van der Waals surface area (Å²) < 4.78 is 5.45. The standard InChI is InChI=1S/C12H8ClNO3/c13-8-1-3-9(4-2-8)17-10-5-6-11(12(15)16)14-7-10/h1-7H,(H,15,16). The summed E-state index contributed by atoms with van der Waals surface area (Å²) in [5.41, 5.74) is -0.0199. The first-order valence-electron chi connectivity index (χ1n) is 4.78. The lowest BCUT2D eigenvalue weighted by atomic mass is 10.3. The second kappa shape index (κ2) is 4.84. The highest BCUT2D eigenvalue weighted by Gasteiger charge is 2.04. The summed E-state index contributed by atoms with van der Waals surface area (Å²) in [6, 6.07) is 9.77. The highest BCUT2D eigenvalue weighted by atomic mass is 35.5. The van der Waals surface area contributed by atoms with Crippen molar-refractivity contribution in [3.05, 3.63) is 53.3 Å². The molecule has 0 aliphatic heterocycles. The van der Waals surface area contributed by atoms with Crippen molar-refractivity contribution < 1.29 is 14.6 Å². The number of aromatic nitrogens is 1. The van der Waals surface area contributed by atoms with Crippen LogP contribution in [0.25, 0.3) is 0 Å². The number of aromatic carboxylic acids is 1. The first-order chi connectivity index (χ1) is 8.15. The molecule has 0 unspecified atom stereocenters. The monoisotopic (exact) mass is 249 g/mol. The van der Waals surface area contributed by atoms with Crippen LogP contribution in [0.4, 0.5) is 0 Å². The maximum absolute atomic E-state index is 10.6. The third-order valence-corrected chi connectivity index (χ3v) is 2.26. The minimum absolute atomic E-state index is 0.0199. The Morgan fingerprint density at radius 2 is 1.76 bits per heavy atom. The Balaban J connectivity index is 2.13. The van der Waals surface area contributed by atoms with Crippen molar-refractivity contribution in [1.29, 1.82) is 0 Å². The molecule has 1 aromatic heterocycles. The van der Waals surface area contributed by atoms with E-state index in [1.54, 1.807) is 30.3 Å². The molecule has 17 heavy (non-hydrogen) atoms. The molecule has 0 saturated heterocycles. The van der Waals surface area contributed by atoms with E-state index in [1.165, 1.54) is 12.3 Å². The maximum atomic E-state index is 10.6. The maximum Gasteiger partial charge on any atom is 0.354 e. The zero-order chi connectivity index (χ0) is 12.3. The smallest absolute Gasteiger partial charge is 0.354 e. The average molecular weight is 250 g/mol. The molecule has 1 aromatic carbocycles. The summed E-state index contributed by atoms with van der Waals surface area (Å²) in [6.45, 7) is 0. The fourth-order valence-electron chi connectivity index (χ4n) is 1.21. The van der Waals surface area contributed by atoms with Crippen LogP contribution in [0.3, 0.4) is 0 Å². The van der Waals surface area contributed by atoms with Crippen molar-refractivity contribution in [1.82, 2.24) is 4.98 Å². The molecule has 2 aromatic rings. The first-order valence-corrected chi connectivity index (χ1v) is 5.16. The lowest BCUT2D eigenvalue weighted by Crippen LogP contribution is -1.99. The molecule has 4 nitrogen and oxygen atoms in total. The highest BCUT2D eigenvalue weighted by molar-refractivity contribution is 6.30. The van der Waals surface area contributed by atoms with Crippen LogP contribution >= 0.6 is 11.6 Å². The minimum atomic E-state index is -1.07. The summed E-state index contributed by atoms with van der Waals surface area (Å²) >= 11 is 5.74. The lowest BCUT2D eigenvalue weighted by Gasteiger charge is -2.05. The molecule has 86 valence electrons. The Kier molecular flexibility index (Phi) is 3.25. The van der Waals surface area contributed by atoms with E-state index < -0.39 is 5.97 Å². The van der Waals surface area contributed by atoms with Gasteiger partial charge in [0.15, 0.2) is 0 Å². The number of halogens is 1. The van der Waals surface area contributed by atoms with E-state index >= 15 is 0 Å². The summed E-state index contributed by atoms with van der Waals surface area (Å²) in [5.74, 6) is 0.0136. The van der Waals surface area contributed by atoms with Crippen molar-refractivity contribution >= 4 is 17.6 Å². The van der Waals surface area contributed by atoms with Crippen LogP contribution in [0.15, 0.2) is 42.6 Å². The van der Waals surface area contributed by atoms with Gasteiger partial charge in [0.25, 0.3) is 0 Å². The van der Waals surface area contributed by atoms with Gasteiger partial charge in [0.1, 0.15) is 17.2 Å². The minimum Gasteiger partial charge on any atom is -0.477 e. The van der Waals surface area contributed by atoms with E-state index in [2.05, 4.69) is 4.98 Å². The third-order valence-electron chi connectivity index (χ3n) is 2.00. The number of carboxylic acids is 1. The fraction of sp³-hybridized carbons (Fsp3) is 0. The number of ether oxygens (including phenoxy) is 1. The number of benzene rings is 1. The Hall–Kier alpha value is -2.07. The fourth-order valence-corrected chi connectivity index (χ4v) is 1.33. The van der Waals surface area contributed by atoms with E-state index in [1.807, 2.05) is 0 Å². The molecule has 0 atom stereocenters. The average Bonchev–Trinajstić information content (AvgIpc) is 2.33. The second-order valence-electron chi connectivity index (χ2n) is 3.24. The Morgan fingerprint density at radius 1 is 1.12 bits per heavy atom. The lowest BCUT2D eigenvalue weighted by molar-refractivity contribution is 0.0690. The second-order valence-corrected chi connectivity index (χ2v) is 3.68. The predicted molar refractivity (Wildman–Crippen MR) is 62.7 cm³/mol. The number of carboxylic acid groups (broad SMARTS) is 1. The molecule has 0 aliphatic rings. The van der Waals surface area contributed by atoms with Crippen molar-refractivity contribution in [2.24, 2.45) is 0 Å². The molecule has 0 bridgehead atoms. The van der Waals surface area contributed by atoms with Crippen LogP contribution in [-0.2, 0) is 0 Å². The van der Waals surface area contributed by atoms with E-state index in [9.17, 15) is 4.79 Å². The highest BCUT2D eigenvalue weighted by Crippen LogP contribution is 2.22. The van der Waals surface area contributed by atoms with Gasteiger partial charge in [0.2, 0.25) is 0 Å². The zero-order valence-electron chi connectivity index (χ0n) is 8.63. The Bertz CT molecular complexity index is 522. The Morgan fingerprint density at radius 3 is 2.29 bits per heavy atom. The summed E-state index contributed by atoms with van der Waals surface area (Å²) in [4.78, 5) is 14.3. The van der Waals surface area contributed by atoms with E-state index in [0.717, 1.165) is 0 Å². The van der Waals surface area contributed by atoms with Crippen molar-refractivity contribution in [2.45, 2.75) is 0 Å². The third kappa shape index (κ3) is 2.95. The largest absolute Gasteiger partial charge is 0.477 e. The van der Waals surface area contributed by atoms with Crippen LogP contribution in [0.5, 0.6) is 11.5 Å². The van der Waals surface area contributed by atoms with E-state index in [-0.39, 0.29) is 5.69 Å². The predicted octanol–water partition coefficient (Wildman–Crippen LogP) is 3.23. The van der Waals surface area contributed by atoms with E-state index in [4.69, 9.17) is 21.4 Å². The van der Waals surface area contributed by atoms with Crippen LogP contribution < -0.4 is 4.74 Å². The van der Waals surface area contributed by atoms with Gasteiger partial charge in [0, 0.05) is 5.02 Å². The quantitative estimate of drug-likeness (QED) is 0.907. The molecule has 2 rings (SSSR count). The number of hydrogen-bond acceptors (Lipinski definition) is 3. The van der Waals surface area contributed by atoms with Crippen LogP contribution in [0.2, 0.25) is 5.02 Å². The van der Waals surface area contributed by atoms with Crippen LogP contribution in [0.1, 0.15) is 10.5 Å². The van der Waals surface area contributed by atoms with Crippen molar-refractivity contribution in [3.63, 3.8) is 0 Å². The van der Waals surface area contributed by atoms with Crippen molar-refractivity contribution in [2.75, 3.05) is 0 Å². The van der Waals surface area contributed by atoms with Gasteiger partial charge in [0.05, 0.1) is 6.20 Å². The number of hydrogen-bond donors (Lipinski definition) is 1. The van der Waals surface area contributed by atoms with Crippen LogP contribution in [-0.4, -0.2) is 16.1 Å². The van der Waals surface area contributed by atoms with Gasteiger partial charge in [-0.2, -0.15) is 0 Å². The Labute approximate surface area is 102 Å². The molecular weight excluding hydrogens is 242 g/mol. The van der Waals surface area contributed by atoms with Crippen molar-refractivity contribution in [3.8, 4) is 11.5 Å². The van der Waals surface area contributed by atoms with Gasteiger partial charge in [-0.25, -0.2) is 9.78 Å². The number of pyridine rings is 1. The van der Waals surface area contributed by atoms with Crippen LogP contribution in [0, 0.1) is 0 Å². The summed E-state index contributed by atoms with van der Waals surface area (Å²) in [6.07, 6.45) is 1.36. The van der Waals surface area contributed by atoms with Gasteiger partial charge >= 0.3 is 5.97 Å². The molecule has 0 spiro atoms. The van der Waals surface area contributed by atoms with Gasteiger partial charge in [-0.15, -0.1) is 0 Å². The van der Waals surface area contributed by atoms with Gasteiger partial charge in [-0.1, -0.05) is 11.6 Å². The molecule has 1 heterocycles. The van der Waals surface area contributed by atoms with Gasteiger partial charge in [-0.05, 0) is 36.4 Å². The normalized spacial score (nSPS) is 9.94. The number of rotatable bonds is 3. The molecule has 0 aliphatic carbocycles. The SMILES string of the molecule is O=C(O)c1ccc(Oc2ccc(Cl)cc2)cn1. The molecule has 0 radical (unpaired) electrons. The molecule has 0 fully saturated rings. The number of nitrogens with zero attached hydrogens (tertiary/aromatic N) is 1. The molecule has 1 N–H and O–H groups in total.